The number of halogens is 6. The van der Waals surface area contributed by atoms with E-state index in [1.807, 2.05) is 6.07 Å². The Hall–Kier alpha value is -4.15. The molecule has 0 radical (unpaired) electrons. The molecular formula is C20H12F6N8. The van der Waals surface area contributed by atoms with Gasteiger partial charge in [-0.3, -0.25) is 0 Å². The van der Waals surface area contributed by atoms with Crippen LogP contribution in [0.4, 0.5) is 32.3 Å². The standard InChI is InChI=1S/C20H12F6N8/c21-19(22,23)13-8-29-18(33-3-4-34-15(9-33)31-32-17(34)20(24,25)26)30-16(13)12-7-28-14-5-10(6-27)1-2-11(12)14/h1-2,5,7-8,28H,3-4,9H2. The molecule has 8 nitrogen and oxygen atoms in total. The molecule has 1 aliphatic rings. The van der Waals surface area contributed by atoms with Crippen LogP contribution in [0.5, 0.6) is 0 Å². The number of hydrogen-bond acceptors (Lipinski definition) is 6. The van der Waals surface area contributed by atoms with Crippen LogP contribution in [0.25, 0.3) is 22.2 Å². The van der Waals surface area contributed by atoms with E-state index in [1.54, 1.807) is 0 Å². The van der Waals surface area contributed by atoms with Crippen LogP contribution in [0.1, 0.15) is 22.8 Å². The van der Waals surface area contributed by atoms with Gasteiger partial charge in [-0.05, 0) is 12.1 Å². The second kappa shape index (κ2) is 7.44. The zero-order valence-corrected chi connectivity index (χ0v) is 16.9. The normalized spacial score (nSPS) is 14.3. The van der Waals surface area contributed by atoms with Crippen molar-refractivity contribution in [2.45, 2.75) is 25.4 Å². The van der Waals surface area contributed by atoms with E-state index in [9.17, 15) is 26.3 Å². The van der Waals surface area contributed by atoms with Gasteiger partial charge in [0.1, 0.15) is 5.56 Å². The molecule has 0 amide bonds. The molecule has 1 aliphatic heterocycles. The van der Waals surface area contributed by atoms with Crippen molar-refractivity contribution in [3.63, 3.8) is 0 Å². The third-order valence-electron chi connectivity index (χ3n) is 5.44. The van der Waals surface area contributed by atoms with Crippen molar-refractivity contribution in [3.8, 4) is 17.3 Å². The van der Waals surface area contributed by atoms with Gasteiger partial charge in [-0.15, -0.1) is 10.2 Å². The summed E-state index contributed by atoms with van der Waals surface area (Å²) in [5.41, 5.74) is -0.531. The van der Waals surface area contributed by atoms with Gasteiger partial charge in [0, 0.05) is 41.9 Å². The number of nitrogens with zero attached hydrogens (tertiary/aromatic N) is 7. The summed E-state index contributed by atoms with van der Waals surface area (Å²) in [4.78, 5) is 12.3. The number of H-pyrrole nitrogens is 1. The highest BCUT2D eigenvalue weighted by Gasteiger charge is 2.40. The van der Waals surface area contributed by atoms with E-state index < -0.39 is 29.4 Å². The molecule has 5 rings (SSSR count). The highest BCUT2D eigenvalue weighted by molar-refractivity contribution is 5.96. The Morgan fingerprint density at radius 2 is 1.82 bits per heavy atom. The van der Waals surface area contributed by atoms with Crippen LogP contribution in [-0.4, -0.2) is 36.3 Å². The van der Waals surface area contributed by atoms with Gasteiger partial charge in [0.15, 0.2) is 5.82 Å². The monoisotopic (exact) mass is 478 g/mol. The smallest absolute Gasteiger partial charge is 0.360 e. The second-order valence-electron chi connectivity index (χ2n) is 7.52. The Bertz CT molecular complexity index is 1440. The predicted octanol–water partition coefficient (Wildman–Crippen LogP) is 4.15. The molecule has 1 aromatic carbocycles. The lowest BCUT2D eigenvalue weighted by atomic mass is 10.0. The van der Waals surface area contributed by atoms with Crippen molar-refractivity contribution in [1.29, 1.82) is 5.26 Å². The summed E-state index contributed by atoms with van der Waals surface area (Å²) < 4.78 is 81.5. The van der Waals surface area contributed by atoms with Gasteiger partial charge in [0.25, 0.3) is 0 Å². The second-order valence-corrected chi connectivity index (χ2v) is 7.52. The minimum absolute atomic E-state index is 0.000231. The van der Waals surface area contributed by atoms with Gasteiger partial charge in [-0.2, -0.15) is 31.6 Å². The van der Waals surface area contributed by atoms with Gasteiger partial charge in [-0.25, -0.2) is 9.97 Å². The molecule has 14 heteroatoms. The maximum atomic E-state index is 13.8. The highest BCUT2D eigenvalue weighted by atomic mass is 19.4. The van der Waals surface area contributed by atoms with Gasteiger partial charge < -0.3 is 14.5 Å². The van der Waals surface area contributed by atoms with E-state index in [2.05, 4.69) is 25.1 Å². The molecule has 3 aromatic heterocycles. The largest absolute Gasteiger partial charge is 0.451 e. The molecule has 0 fully saturated rings. The molecular weight excluding hydrogens is 466 g/mol. The minimum atomic E-state index is -4.76. The summed E-state index contributed by atoms with van der Waals surface area (Å²) in [5, 5.41) is 16.2. The third-order valence-corrected chi connectivity index (χ3v) is 5.44. The topological polar surface area (TPSA) is 99.3 Å². The van der Waals surface area contributed by atoms with Gasteiger partial charge in [0.05, 0.1) is 23.9 Å². The predicted molar refractivity (Wildman–Crippen MR) is 105 cm³/mol. The summed E-state index contributed by atoms with van der Waals surface area (Å²) >= 11 is 0. The number of anilines is 1. The van der Waals surface area contributed by atoms with Crippen molar-refractivity contribution in [1.82, 2.24) is 29.7 Å². The molecule has 0 spiro atoms. The van der Waals surface area contributed by atoms with E-state index in [0.717, 1.165) is 4.57 Å². The van der Waals surface area contributed by atoms with Gasteiger partial charge >= 0.3 is 12.4 Å². The van der Waals surface area contributed by atoms with Gasteiger partial charge in [0.2, 0.25) is 11.8 Å². The summed E-state index contributed by atoms with van der Waals surface area (Å²) in [5.74, 6) is -1.22. The van der Waals surface area contributed by atoms with E-state index in [4.69, 9.17) is 5.26 Å². The molecule has 4 heterocycles. The Kier molecular flexibility index (Phi) is 4.74. The molecule has 0 saturated carbocycles. The number of aromatic amines is 1. The Balaban J connectivity index is 1.57. The van der Waals surface area contributed by atoms with Crippen molar-refractivity contribution >= 4 is 16.9 Å². The van der Waals surface area contributed by atoms with Crippen LogP contribution < -0.4 is 4.90 Å². The molecule has 174 valence electrons. The number of aromatic nitrogens is 6. The maximum Gasteiger partial charge on any atom is 0.451 e. The van der Waals surface area contributed by atoms with Crippen LogP contribution in [0.3, 0.4) is 0 Å². The maximum absolute atomic E-state index is 13.8. The number of hydrogen-bond donors (Lipinski definition) is 1. The number of benzene rings is 1. The SMILES string of the molecule is N#Cc1ccc2c(-c3nc(N4CCn5c(nnc5C(F)(F)F)C4)ncc3C(F)(F)F)c[nH]c2c1. The van der Waals surface area contributed by atoms with Crippen LogP contribution in [0.2, 0.25) is 0 Å². The average Bonchev–Trinajstić information content (AvgIpc) is 3.41. The number of fused-ring (bicyclic) bond motifs is 2. The van der Waals surface area contributed by atoms with E-state index in [-0.39, 0.29) is 37.0 Å². The molecule has 34 heavy (non-hydrogen) atoms. The third kappa shape index (κ3) is 3.58. The summed E-state index contributed by atoms with van der Waals surface area (Å²) in [7, 11) is 0. The fraction of sp³-hybridized carbons (Fsp3) is 0.250. The van der Waals surface area contributed by atoms with Gasteiger partial charge in [-0.1, -0.05) is 6.07 Å². The molecule has 0 aliphatic carbocycles. The van der Waals surface area contributed by atoms with Crippen LogP contribution in [0, 0.1) is 11.3 Å². The Morgan fingerprint density at radius 1 is 1.03 bits per heavy atom. The van der Waals surface area contributed by atoms with Crippen LogP contribution >= 0.6 is 0 Å². The zero-order valence-electron chi connectivity index (χ0n) is 16.9. The zero-order chi connectivity index (χ0) is 24.3. The summed E-state index contributed by atoms with van der Waals surface area (Å²) in [6, 6.07) is 6.46. The molecule has 4 aromatic rings. The Labute approximate surface area is 186 Å². The lowest BCUT2D eigenvalue weighted by Crippen LogP contribution is -2.36. The van der Waals surface area contributed by atoms with E-state index in [1.165, 1.54) is 29.3 Å². The van der Waals surface area contributed by atoms with Crippen molar-refractivity contribution in [2.24, 2.45) is 0 Å². The Morgan fingerprint density at radius 3 is 2.53 bits per heavy atom. The fourth-order valence-corrected chi connectivity index (χ4v) is 3.87. The first-order valence-electron chi connectivity index (χ1n) is 9.76. The van der Waals surface area contributed by atoms with Crippen LogP contribution in [0.15, 0.2) is 30.6 Å². The molecule has 0 unspecified atom stereocenters. The molecule has 0 atom stereocenters. The summed E-state index contributed by atoms with van der Waals surface area (Å²) in [6.45, 7) is -0.285. The highest BCUT2D eigenvalue weighted by Crippen LogP contribution is 2.39. The minimum Gasteiger partial charge on any atom is -0.360 e. The first-order valence-corrected chi connectivity index (χ1v) is 9.76. The molecule has 0 saturated heterocycles. The fourth-order valence-electron chi connectivity index (χ4n) is 3.87. The van der Waals surface area contributed by atoms with Crippen molar-refractivity contribution < 1.29 is 26.3 Å². The van der Waals surface area contributed by atoms with Crippen molar-refractivity contribution in [3.05, 3.63) is 53.4 Å². The molecule has 1 N–H and O–H groups in total. The number of nitriles is 1. The lowest BCUT2D eigenvalue weighted by Gasteiger charge is -2.28. The van der Waals surface area contributed by atoms with Crippen molar-refractivity contribution in [2.75, 3.05) is 11.4 Å². The lowest BCUT2D eigenvalue weighted by molar-refractivity contribution is -0.147. The number of alkyl halides is 6. The first-order chi connectivity index (χ1) is 16.1. The first kappa shape index (κ1) is 21.7. The summed E-state index contributed by atoms with van der Waals surface area (Å²) in [6.07, 6.45) is -7.42. The molecule has 0 bridgehead atoms. The number of nitrogens with one attached hydrogen (secondary N) is 1. The van der Waals surface area contributed by atoms with E-state index in [0.29, 0.717) is 22.7 Å². The van der Waals surface area contributed by atoms with Crippen LogP contribution in [-0.2, 0) is 25.4 Å². The van der Waals surface area contributed by atoms with E-state index >= 15 is 0 Å². The average molecular weight is 478 g/mol. The number of rotatable bonds is 2. The quantitative estimate of drug-likeness (QED) is 0.435.